The van der Waals surface area contributed by atoms with Crippen molar-refractivity contribution < 1.29 is 8.83 Å². The summed E-state index contributed by atoms with van der Waals surface area (Å²) in [7, 11) is 0. The Morgan fingerprint density at radius 3 is 2.64 bits per heavy atom. The van der Waals surface area contributed by atoms with Gasteiger partial charge in [-0.1, -0.05) is 0 Å². The molecule has 1 aliphatic rings. The lowest BCUT2D eigenvalue weighted by Crippen LogP contribution is -2.44. The maximum Gasteiger partial charge on any atom is 0.138 e. The highest BCUT2D eigenvalue weighted by molar-refractivity contribution is 5.98. The minimum absolute atomic E-state index is 0.961. The van der Waals surface area contributed by atoms with Crippen molar-refractivity contribution in [3.05, 3.63) is 35.3 Å². The summed E-state index contributed by atoms with van der Waals surface area (Å²) in [6.07, 6.45) is 1.000. The van der Waals surface area contributed by atoms with E-state index in [-0.39, 0.29) is 0 Å². The first-order valence-corrected chi connectivity index (χ1v) is 8.06. The van der Waals surface area contributed by atoms with Crippen molar-refractivity contribution in [1.29, 1.82) is 0 Å². The quantitative estimate of drug-likeness (QED) is 0.806. The van der Waals surface area contributed by atoms with Crippen molar-refractivity contribution in [2.75, 3.05) is 32.7 Å². The first kappa shape index (κ1) is 13.9. The zero-order valence-electron chi connectivity index (χ0n) is 13.2. The predicted octanol–water partition coefficient (Wildman–Crippen LogP) is 3.24. The number of furan rings is 2. The standard InChI is InChI=1S/C18H22N2O2/c1-12-9-14-11-17-16(10-13(2)21-17)15(18(14)22-12)3-6-20-7-4-19-5-8-20/h9-11,19H,3-8H2,1-2H3. The first-order chi connectivity index (χ1) is 10.7. The minimum Gasteiger partial charge on any atom is -0.461 e. The summed E-state index contributed by atoms with van der Waals surface area (Å²) < 4.78 is 11.8. The highest BCUT2D eigenvalue weighted by atomic mass is 16.3. The number of piperazine rings is 1. The zero-order chi connectivity index (χ0) is 15.1. The maximum atomic E-state index is 5.98. The van der Waals surface area contributed by atoms with E-state index in [0.29, 0.717) is 0 Å². The maximum absolute atomic E-state index is 5.98. The molecule has 0 unspecified atom stereocenters. The number of nitrogens with zero attached hydrogens (tertiary/aromatic N) is 1. The highest BCUT2D eigenvalue weighted by Gasteiger charge is 2.16. The monoisotopic (exact) mass is 298 g/mol. The van der Waals surface area contributed by atoms with Gasteiger partial charge in [0.1, 0.15) is 22.7 Å². The summed E-state index contributed by atoms with van der Waals surface area (Å²) in [6.45, 7) is 9.51. The van der Waals surface area contributed by atoms with E-state index in [9.17, 15) is 0 Å². The van der Waals surface area contributed by atoms with Gasteiger partial charge in [-0.2, -0.15) is 0 Å². The van der Waals surface area contributed by atoms with Gasteiger partial charge in [0.2, 0.25) is 0 Å². The van der Waals surface area contributed by atoms with Crippen LogP contribution >= 0.6 is 0 Å². The molecule has 0 atom stereocenters. The first-order valence-electron chi connectivity index (χ1n) is 8.06. The SMILES string of the molecule is Cc1cc2c(CCN3CCNCC3)c3oc(C)cc3cc2o1. The largest absolute Gasteiger partial charge is 0.461 e. The Bertz CT molecular complexity index is 755. The summed E-state index contributed by atoms with van der Waals surface area (Å²) >= 11 is 0. The number of aryl methyl sites for hydroxylation is 2. The van der Waals surface area contributed by atoms with Gasteiger partial charge in [0.05, 0.1) is 0 Å². The van der Waals surface area contributed by atoms with Gasteiger partial charge in [-0.05, 0) is 38.5 Å². The van der Waals surface area contributed by atoms with Crippen LogP contribution in [0.1, 0.15) is 17.1 Å². The lowest BCUT2D eigenvalue weighted by molar-refractivity contribution is 0.244. The lowest BCUT2D eigenvalue weighted by Gasteiger charge is -2.27. The number of rotatable bonds is 3. The molecule has 3 heterocycles. The van der Waals surface area contributed by atoms with Crippen LogP contribution in [0, 0.1) is 13.8 Å². The highest BCUT2D eigenvalue weighted by Crippen LogP contribution is 2.33. The number of fused-ring (bicyclic) bond motifs is 2. The molecule has 1 fully saturated rings. The van der Waals surface area contributed by atoms with Crippen LogP contribution in [0.4, 0.5) is 0 Å². The molecule has 0 spiro atoms. The molecule has 1 saturated heterocycles. The molecule has 3 aromatic rings. The molecule has 22 heavy (non-hydrogen) atoms. The molecule has 0 amide bonds. The molecule has 0 saturated carbocycles. The van der Waals surface area contributed by atoms with Crippen molar-refractivity contribution in [3.8, 4) is 0 Å². The molecule has 0 aliphatic carbocycles. The summed E-state index contributed by atoms with van der Waals surface area (Å²) in [5, 5.41) is 5.75. The second-order valence-corrected chi connectivity index (χ2v) is 6.24. The molecule has 0 radical (unpaired) electrons. The van der Waals surface area contributed by atoms with Gasteiger partial charge in [0.25, 0.3) is 0 Å². The van der Waals surface area contributed by atoms with Gasteiger partial charge < -0.3 is 19.1 Å². The fourth-order valence-electron chi connectivity index (χ4n) is 3.47. The fourth-order valence-corrected chi connectivity index (χ4v) is 3.47. The van der Waals surface area contributed by atoms with Crippen LogP contribution in [0.5, 0.6) is 0 Å². The Morgan fingerprint density at radius 1 is 1.05 bits per heavy atom. The Morgan fingerprint density at radius 2 is 1.82 bits per heavy atom. The number of hydrogen-bond donors (Lipinski definition) is 1. The van der Waals surface area contributed by atoms with E-state index < -0.39 is 0 Å². The van der Waals surface area contributed by atoms with Crippen LogP contribution in [-0.4, -0.2) is 37.6 Å². The van der Waals surface area contributed by atoms with Gasteiger partial charge >= 0.3 is 0 Å². The zero-order valence-corrected chi connectivity index (χ0v) is 13.2. The molecule has 4 nitrogen and oxygen atoms in total. The van der Waals surface area contributed by atoms with Crippen molar-refractivity contribution in [2.45, 2.75) is 20.3 Å². The average Bonchev–Trinajstić information content (AvgIpc) is 3.05. The molecule has 1 aromatic carbocycles. The van der Waals surface area contributed by atoms with Gasteiger partial charge in [-0.25, -0.2) is 0 Å². The number of benzene rings is 1. The van der Waals surface area contributed by atoms with Crippen molar-refractivity contribution in [2.24, 2.45) is 0 Å². The molecule has 116 valence electrons. The normalized spacial score (nSPS) is 16.8. The third-order valence-electron chi connectivity index (χ3n) is 4.54. The van der Waals surface area contributed by atoms with Crippen LogP contribution < -0.4 is 5.32 Å². The Hall–Kier alpha value is -1.78. The van der Waals surface area contributed by atoms with E-state index in [0.717, 1.165) is 67.2 Å². The average molecular weight is 298 g/mol. The predicted molar refractivity (Wildman–Crippen MR) is 88.5 cm³/mol. The molecule has 4 rings (SSSR count). The van der Waals surface area contributed by atoms with Crippen molar-refractivity contribution >= 4 is 21.9 Å². The topological polar surface area (TPSA) is 41.5 Å². The number of hydrogen-bond acceptors (Lipinski definition) is 4. The Balaban J connectivity index is 1.74. The van der Waals surface area contributed by atoms with E-state index in [4.69, 9.17) is 8.83 Å². The van der Waals surface area contributed by atoms with E-state index in [1.807, 2.05) is 13.8 Å². The van der Waals surface area contributed by atoms with E-state index in [1.165, 1.54) is 10.9 Å². The Kier molecular flexibility index (Phi) is 3.43. The van der Waals surface area contributed by atoms with Gasteiger partial charge in [-0.3, -0.25) is 0 Å². The molecular formula is C18H22N2O2. The molecule has 0 bridgehead atoms. The summed E-state index contributed by atoms with van der Waals surface area (Å²) in [5.74, 6) is 1.92. The Labute approximate surface area is 130 Å². The second-order valence-electron chi connectivity index (χ2n) is 6.24. The van der Waals surface area contributed by atoms with E-state index >= 15 is 0 Å². The van der Waals surface area contributed by atoms with Crippen molar-refractivity contribution in [3.63, 3.8) is 0 Å². The third kappa shape index (κ3) is 2.42. The smallest absolute Gasteiger partial charge is 0.138 e. The summed E-state index contributed by atoms with van der Waals surface area (Å²) in [6, 6.07) is 6.34. The minimum atomic E-state index is 0.961. The molecular weight excluding hydrogens is 276 g/mol. The molecule has 2 aromatic heterocycles. The van der Waals surface area contributed by atoms with Gasteiger partial charge in [-0.15, -0.1) is 0 Å². The lowest BCUT2D eigenvalue weighted by atomic mass is 10.0. The van der Waals surface area contributed by atoms with Crippen molar-refractivity contribution in [1.82, 2.24) is 10.2 Å². The van der Waals surface area contributed by atoms with Gasteiger partial charge in [0, 0.05) is 49.1 Å². The third-order valence-corrected chi connectivity index (χ3v) is 4.54. The second kappa shape index (κ2) is 5.45. The van der Waals surface area contributed by atoms with Crippen LogP contribution in [0.15, 0.2) is 27.0 Å². The van der Waals surface area contributed by atoms with E-state index in [2.05, 4.69) is 28.4 Å². The van der Waals surface area contributed by atoms with Gasteiger partial charge in [0.15, 0.2) is 0 Å². The molecule has 4 heteroatoms. The van der Waals surface area contributed by atoms with Crippen LogP contribution in [0.25, 0.3) is 21.9 Å². The van der Waals surface area contributed by atoms with Crippen LogP contribution in [0.2, 0.25) is 0 Å². The summed E-state index contributed by atoms with van der Waals surface area (Å²) in [5.41, 5.74) is 3.29. The van der Waals surface area contributed by atoms with Crippen LogP contribution in [-0.2, 0) is 6.42 Å². The molecule has 1 N–H and O–H groups in total. The van der Waals surface area contributed by atoms with E-state index in [1.54, 1.807) is 0 Å². The van der Waals surface area contributed by atoms with Crippen LogP contribution in [0.3, 0.4) is 0 Å². The fraction of sp³-hybridized carbons (Fsp3) is 0.444. The number of nitrogens with one attached hydrogen (secondary N) is 1. The summed E-state index contributed by atoms with van der Waals surface area (Å²) in [4.78, 5) is 2.52. The molecule has 1 aliphatic heterocycles.